The normalized spacial score (nSPS) is 12.1. The predicted molar refractivity (Wildman–Crippen MR) is 102 cm³/mol. The number of hydrogen-bond acceptors (Lipinski definition) is 4. The molecule has 5 nitrogen and oxygen atoms in total. The number of methoxy groups -OCH3 is 1. The van der Waals surface area contributed by atoms with Crippen LogP contribution < -0.4 is 10.1 Å². The van der Waals surface area contributed by atoms with Gasteiger partial charge in [-0.1, -0.05) is 36.0 Å². The zero-order chi connectivity index (χ0) is 17.8. The van der Waals surface area contributed by atoms with Crippen molar-refractivity contribution >= 4 is 34.4 Å². The lowest BCUT2D eigenvalue weighted by atomic mass is 10.3. The fourth-order valence-corrected chi connectivity index (χ4v) is 3.63. The minimum Gasteiger partial charge on any atom is -0.495 e. The highest BCUT2D eigenvalue weighted by Gasteiger charge is 2.20. The van der Waals surface area contributed by atoms with Crippen LogP contribution in [-0.4, -0.2) is 27.8 Å². The number of fused-ring (bicyclic) bond motifs is 1. The van der Waals surface area contributed by atoms with E-state index in [2.05, 4.69) is 27.9 Å². The van der Waals surface area contributed by atoms with Gasteiger partial charge in [0.1, 0.15) is 5.75 Å². The highest BCUT2D eigenvalue weighted by atomic mass is 32.2. The third-order valence-corrected chi connectivity index (χ3v) is 5.04. The number of rotatable bonds is 6. The Morgan fingerprint density at radius 3 is 2.72 bits per heavy atom. The molecule has 0 aliphatic carbocycles. The van der Waals surface area contributed by atoms with Crippen molar-refractivity contribution in [3.05, 3.63) is 48.5 Å². The van der Waals surface area contributed by atoms with Crippen molar-refractivity contribution in [3.63, 3.8) is 0 Å². The fourth-order valence-electron chi connectivity index (χ4n) is 2.64. The number of amides is 1. The zero-order valence-electron chi connectivity index (χ0n) is 14.5. The number of carbonyl (C=O) groups is 1. The SMILES string of the molecule is CCn1c(S[C@@H](C)C(=O)Nc2ccccc2OC)nc2ccccc21. The summed E-state index contributed by atoms with van der Waals surface area (Å²) in [5.41, 5.74) is 2.71. The first kappa shape index (κ1) is 17.4. The van der Waals surface area contributed by atoms with Gasteiger partial charge in [0, 0.05) is 6.54 Å². The minimum atomic E-state index is -0.285. The molecule has 1 heterocycles. The first-order valence-electron chi connectivity index (χ1n) is 8.19. The number of aromatic nitrogens is 2. The molecule has 0 aliphatic rings. The van der Waals surface area contributed by atoms with Crippen LogP contribution in [0.2, 0.25) is 0 Å². The van der Waals surface area contributed by atoms with Gasteiger partial charge in [-0.3, -0.25) is 4.79 Å². The molecule has 1 amide bonds. The number of thioether (sulfide) groups is 1. The monoisotopic (exact) mass is 355 g/mol. The lowest BCUT2D eigenvalue weighted by molar-refractivity contribution is -0.115. The predicted octanol–water partition coefficient (Wildman–Crippen LogP) is 4.18. The lowest BCUT2D eigenvalue weighted by Crippen LogP contribution is -2.23. The second-order valence-electron chi connectivity index (χ2n) is 5.58. The first-order chi connectivity index (χ1) is 12.1. The molecular weight excluding hydrogens is 334 g/mol. The molecule has 1 atom stereocenters. The summed E-state index contributed by atoms with van der Waals surface area (Å²) >= 11 is 1.46. The Kier molecular flexibility index (Phi) is 5.28. The van der Waals surface area contributed by atoms with Crippen LogP contribution in [0.5, 0.6) is 5.75 Å². The fraction of sp³-hybridized carbons (Fsp3) is 0.263. The molecule has 1 aromatic heterocycles. The number of carbonyl (C=O) groups excluding carboxylic acids is 1. The number of nitrogens with one attached hydrogen (secondary N) is 1. The molecule has 2 aromatic carbocycles. The van der Waals surface area contributed by atoms with Gasteiger partial charge in [-0.15, -0.1) is 0 Å². The molecule has 0 unspecified atom stereocenters. The van der Waals surface area contributed by atoms with Gasteiger partial charge in [-0.05, 0) is 38.1 Å². The molecule has 3 aromatic rings. The summed E-state index contributed by atoms with van der Waals surface area (Å²) in [6.45, 7) is 4.77. The Hall–Kier alpha value is -2.47. The van der Waals surface area contributed by atoms with Crippen molar-refractivity contribution in [1.29, 1.82) is 0 Å². The summed E-state index contributed by atoms with van der Waals surface area (Å²) in [4.78, 5) is 17.2. The number of anilines is 1. The Morgan fingerprint density at radius 2 is 1.96 bits per heavy atom. The van der Waals surface area contributed by atoms with Gasteiger partial charge in [-0.25, -0.2) is 4.98 Å². The topological polar surface area (TPSA) is 56.2 Å². The maximum Gasteiger partial charge on any atom is 0.237 e. The van der Waals surface area contributed by atoms with Crippen molar-refractivity contribution < 1.29 is 9.53 Å². The van der Waals surface area contributed by atoms with Gasteiger partial charge < -0.3 is 14.6 Å². The van der Waals surface area contributed by atoms with E-state index in [4.69, 9.17) is 4.74 Å². The quantitative estimate of drug-likeness (QED) is 0.674. The summed E-state index contributed by atoms with van der Waals surface area (Å²) in [6.07, 6.45) is 0. The summed E-state index contributed by atoms with van der Waals surface area (Å²) in [7, 11) is 1.59. The zero-order valence-corrected chi connectivity index (χ0v) is 15.3. The maximum absolute atomic E-state index is 12.6. The Morgan fingerprint density at radius 1 is 1.24 bits per heavy atom. The molecule has 130 valence electrons. The molecule has 0 saturated heterocycles. The number of ether oxygens (including phenoxy) is 1. The average molecular weight is 355 g/mol. The molecule has 3 rings (SSSR count). The van der Waals surface area contributed by atoms with E-state index >= 15 is 0 Å². The van der Waals surface area contributed by atoms with Gasteiger partial charge in [0.25, 0.3) is 0 Å². The van der Waals surface area contributed by atoms with Crippen LogP contribution in [0.15, 0.2) is 53.7 Å². The van der Waals surface area contributed by atoms with Crippen molar-refractivity contribution in [1.82, 2.24) is 9.55 Å². The second-order valence-corrected chi connectivity index (χ2v) is 6.88. The highest BCUT2D eigenvalue weighted by molar-refractivity contribution is 8.00. The Bertz CT molecular complexity index is 891. The van der Waals surface area contributed by atoms with E-state index < -0.39 is 0 Å². The van der Waals surface area contributed by atoms with Crippen molar-refractivity contribution in [2.24, 2.45) is 0 Å². The molecule has 0 saturated carbocycles. The van der Waals surface area contributed by atoms with Crippen LogP contribution >= 0.6 is 11.8 Å². The largest absolute Gasteiger partial charge is 0.495 e. The summed E-state index contributed by atoms with van der Waals surface area (Å²) in [5, 5.41) is 3.50. The maximum atomic E-state index is 12.6. The van der Waals surface area contributed by atoms with E-state index in [1.54, 1.807) is 7.11 Å². The van der Waals surface area contributed by atoms with Gasteiger partial charge in [-0.2, -0.15) is 0 Å². The number of benzene rings is 2. The molecule has 0 aliphatic heterocycles. The number of hydrogen-bond donors (Lipinski definition) is 1. The first-order valence-corrected chi connectivity index (χ1v) is 9.07. The highest BCUT2D eigenvalue weighted by Crippen LogP contribution is 2.29. The number of aryl methyl sites for hydroxylation is 1. The van der Waals surface area contributed by atoms with Crippen molar-refractivity contribution in [3.8, 4) is 5.75 Å². The van der Waals surface area contributed by atoms with Crippen LogP contribution in [-0.2, 0) is 11.3 Å². The molecule has 0 spiro atoms. The second kappa shape index (κ2) is 7.61. The number of para-hydroxylation sites is 4. The van der Waals surface area contributed by atoms with Gasteiger partial charge in [0.15, 0.2) is 5.16 Å². The molecule has 25 heavy (non-hydrogen) atoms. The average Bonchev–Trinajstić information content (AvgIpc) is 2.99. The smallest absolute Gasteiger partial charge is 0.237 e. The van der Waals surface area contributed by atoms with E-state index in [9.17, 15) is 4.79 Å². The van der Waals surface area contributed by atoms with Crippen LogP contribution in [0, 0.1) is 0 Å². The van der Waals surface area contributed by atoms with Crippen LogP contribution in [0.3, 0.4) is 0 Å². The van der Waals surface area contributed by atoms with Gasteiger partial charge in [0.2, 0.25) is 5.91 Å². The van der Waals surface area contributed by atoms with E-state index in [0.717, 1.165) is 22.7 Å². The molecule has 0 fully saturated rings. The number of imidazole rings is 1. The van der Waals surface area contributed by atoms with Crippen LogP contribution in [0.25, 0.3) is 11.0 Å². The third-order valence-electron chi connectivity index (χ3n) is 3.95. The minimum absolute atomic E-state index is 0.0794. The summed E-state index contributed by atoms with van der Waals surface area (Å²) < 4.78 is 7.41. The van der Waals surface area contributed by atoms with E-state index in [-0.39, 0.29) is 11.2 Å². The Balaban J connectivity index is 1.78. The van der Waals surface area contributed by atoms with Crippen LogP contribution in [0.1, 0.15) is 13.8 Å². The lowest BCUT2D eigenvalue weighted by Gasteiger charge is -2.14. The van der Waals surface area contributed by atoms with Crippen LogP contribution in [0.4, 0.5) is 5.69 Å². The van der Waals surface area contributed by atoms with Gasteiger partial charge in [0.05, 0.1) is 29.1 Å². The van der Waals surface area contributed by atoms with E-state index in [1.165, 1.54) is 11.8 Å². The third kappa shape index (κ3) is 3.64. The van der Waals surface area contributed by atoms with Crippen molar-refractivity contribution in [2.45, 2.75) is 30.8 Å². The molecule has 0 radical (unpaired) electrons. The summed E-state index contributed by atoms with van der Waals surface area (Å²) in [5.74, 6) is 0.568. The van der Waals surface area contributed by atoms with E-state index in [0.29, 0.717) is 11.4 Å². The molecule has 0 bridgehead atoms. The molecular formula is C19H21N3O2S. The molecule has 6 heteroatoms. The number of nitrogens with zero attached hydrogens (tertiary/aromatic N) is 2. The standard InChI is InChI=1S/C19H21N3O2S/c1-4-22-16-11-7-5-9-14(16)21-19(22)25-13(2)18(23)20-15-10-6-8-12-17(15)24-3/h5-13H,4H2,1-3H3,(H,20,23)/t13-/m0/s1. The van der Waals surface area contributed by atoms with Crippen molar-refractivity contribution in [2.75, 3.05) is 12.4 Å². The van der Waals surface area contributed by atoms with E-state index in [1.807, 2.05) is 49.4 Å². The summed E-state index contributed by atoms with van der Waals surface area (Å²) in [6, 6.07) is 15.4. The van der Waals surface area contributed by atoms with Gasteiger partial charge >= 0.3 is 0 Å². The Labute approximate surface area is 151 Å². The molecule has 1 N–H and O–H groups in total.